The monoisotopic (exact) mass is 920 g/mol. The Kier molecular flexibility index (Phi) is 18.3. The summed E-state index contributed by atoms with van der Waals surface area (Å²) in [6.45, 7) is 8.29. The number of hydrogen-bond acceptors (Lipinski definition) is 17. The van der Waals surface area contributed by atoms with Crippen LogP contribution in [-0.4, -0.2) is 150 Å². The molecule has 4 unspecified atom stereocenters. The fourth-order valence-electron chi connectivity index (χ4n) is 8.85. The van der Waals surface area contributed by atoms with E-state index < -0.39 is 73.5 Å². The molecule has 3 aromatic heterocycles. The highest BCUT2D eigenvalue weighted by atomic mass is 16.7. The van der Waals surface area contributed by atoms with Crippen LogP contribution in [0.4, 0.5) is 5.69 Å². The van der Waals surface area contributed by atoms with Gasteiger partial charge in [0.1, 0.15) is 35.8 Å². The topological polar surface area (TPSA) is 291 Å². The first kappa shape index (κ1) is 50.3. The minimum Gasteiger partial charge on any atom is -0.394 e. The van der Waals surface area contributed by atoms with Crippen molar-refractivity contribution in [3.05, 3.63) is 42.7 Å². The molecule has 6 rings (SSSR count). The fraction of sp³-hybridized carbons (Fsp3) is 0.644. The van der Waals surface area contributed by atoms with Crippen LogP contribution in [0.1, 0.15) is 86.0 Å². The smallest absolute Gasteiger partial charge is 0.252 e. The van der Waals surface area contributed by atoms with Crippen molar-refractivity contribution >= 4 is 29.3 Å². The zero-order valence-electron chi connectivity index (χ0n) is 38.1. The van der Waals surface area contributed by atoms with Crippen molar-refractivity contribution in [3.8, 4) is 23.0 Å². The molecule has 1 aliphatic carbocycles. The maximum Gasteiger partial charge on any atom is 0.252 e. The van der Waals surface area contributed by atoms with Gasteiger partial charge in [-0.3, -0.25) is 29.1 Å². The largest absolute Gasteiger partial charge is 0.394 e. The van der Waals surface area contributed by atoms with Crippen molar-refractivity contribution in [3.63, 3.8) is 0 Å². The van der Waals surface area contributed by atoms with Crippen LogP contribution in [-0.2, 0) is 38.1 Å². The average Bonchev–Trinajstić information content (AvgIpc) is 3.30. The number of carbonyl (C=O) groups is 4. The molecule has 4 amide bonds. The van der Waals surface area contributed by atoms with Crippen LogP contribution in [0.2, 0.25) is 0 Å². The van der Waals surface area contributed by atoms with Crippen LogP contribution in [0.3, 0.4) is 0 Å². The van der Waals surface area contributed by atoms with Crippen LogP contribution in [0.5, 0.6) is 0 Å². The van der Waals surface area contributed by atoms with E-state index >= 15 is 0 Å². The Hall–Kier alpha value is -5.16. The van der Waals surface area contributed by atoms with Gasteiger partial charge in [-0.25, -0.2) is 0 Å². The lowest BCUT2D eigenvalue weighted by molar-refractivity contribution is -0.328. The molecule has 3 aliphatic rings. The summed E-state index contributed by atoms with van der Waals surface area (Å²) in [5.74, 6) is -2.01. The van der Waals surface area contributed by atoms with Crippen LogP contribution in [0.25, 0.3) is 23.0 Å². The molecular formula is C45H64N10O11. The summed E-state index contributed by atoms with van der Waals surface area (Å²) in [7, 11) is 0. The molecule has 66 heavy (non-hydrogen) atoms. The number of carbonyl (C=O) groups excluding carboxylic acids is 4. The maximum absolute atomic E-state index is 13.9. The van der Waals surface area contributed by atoms with E-state index in [4.69, 9.17) is 18.9 Å². The zero-order valence-corrected chi connectivity index (χ0v) is 38.1. The Morgan fingerprint density at radius 3 is 2.11 bits per heavy atom. The SMILES string of the molecule is CC(=O)N[C@H]1C(O[C@@H]2OC(C(=O)NCCNC(=O)CCCC(=O)Nc3ccc(-c4nnc(-c5ccccn5)nn4)nc3)[C@@H](OC(C)C)C(O)[C@@H]2C2CCCCC2)[C@H](O)C(CO)O[C@H]1C(C)C. The Morgan fingerprint density at radius 1 is 0.818 bits per heavy atom. The standard InChI is InChI=1S/C45H64N10O11/c1-24(2)38-35(50-26(5)57)39(36(60)31(23-56)64-38)65-45-34(27-12-7-6-8-13-27)37(61)40(63-25(3)4)41(66-45)44(62)48-21-20-47-32(58)15-11-16-33(59)51-28-17-18-30(49-22-28)43-54-52-42(53-55-43)29-14-9-10-19-46-29/h9-10,14,17-19,22,24-25,27,31,34-41,45,56,60-61H,6-8,11-13,15-16,20-21,23H2,1-5H3,(H,47,58)(H,48,62)(H,50,57)(H,51,59)/t31?,34-,35+,36+,37?,38-,39?,40-,41?,45+/m0/s1. The first-order valence-electron chi connectivity index (χ1n) is 22.9. The lowest BCUT2D eigenvalue weighted by Crippen LogP contribution is -2.68. The maximum atomic E-state index is 13.9. The summed E-state index contributed by atoms with van der Waals surface area (Å²) >= 11 is 0. The number of anilines is 1. The molecule has 3 fully saturated rings. The highest BCUT2D eigenvalue weighted by Gasteiger charge is 2.55. The van der Waals surface area contributed by atoms with Gasteiger partial charge in [0.05, 0.1) is 42.8 Å². The lowest BCUT2D eigenvalue weighted by atomic mass is 9.73. The van der Waals surface area contributed by atoms with Crippen molar-refractivity contribution in [1.29, 1.82) is 0 Å². The van der Waals surface area contributed by atoms with Gasteiger partial charge in [-0.1, -0.05) is 39.2 Å². The number of nitrogens with one attached hydrogen (secondary N) is 4. The molecule has 10 atom stereocenters. The van der Waals surface area contributed by atoms with Gasteiger partial charge < -0.3 is 55.5 Å². The van der Waals surface area contributed by atoms with E-state index in [1.807, 2.05) is 13.8 Å². The Morgan fingerprint density at radius 2 is 1.50 bits per heavy atom. The second-order valence-corrected chi connectivity index (χ2v) is 17.7. The number of ether oxygens (including phenoxy) is 4. The quantitative estimate of drug-likeness (QED) is 0.0838. The first-order valence-corrected chi connectivity index (χ1v) is 22.9. The van der Waals surface area contributed by atoms with Crippen LogP contribution < -0.4 is 21.3 Å². The number of hydrogen-bond donors (Lipinski definition) is 7. The molecule has 0 bridgehead atoms. The average molecular weight is 921 g/mol. The molecule has 2 saturated heterocycles. The van der Waals surface area contributed by atoms with E-state index in [0.717, 1.165) is 32.1 Å². The second-order valence-electron chi connectivity index (χ2n) is 17.7. The number of nitrogens with zero attached hydrogens (tertiary/aromatic N) is 6. The van der Waals surface area contributed by atoms with Crippen molar-refractivity contribution in [2.75, 3.05) is 25.0 Å². The highest BCUT2D eigenvalue weighted by molar-refractivity contribution is 5.91. The van der Waals surface area contributed by atoms with Gasteiger partial charge in [-0.15, -0.1) is 20.4 Å². The number of aliphatic hydroxyl groups is 3. The highest BCUT2D eigenvalue weighted by Crippen LogP contribution is 2.42. The summed E-state index contributed by atoms with van der Waals surface area (Å²) in [6.07, 6.45) is -1.52. The lowest BCUT2D eigenvalue weighted by Gasteiger charge is -2.51. The van der Waals surface area contributed by atoms with Gasteiger partial charge in [0.25, 0.3) is 5.91 Å². The van der Waals surface area contributed by atoms with Crippen molar-refractivity contribution in [1.82, 2.24) is 46.3 Å². The summed E-state index contributed by atoms with van der Waals surface area (Å²) in [4.78, 5) is 60.2. The van der Waals surface area contributed by atoms with Crippen LogP contribution >= 0.6 is 0 Å². The van der Waals surface area contributed by atoms with Crippen molar-refractivity contribution < 1.29 is 53.4 Å². The van der Waals surface area contributed by atoms with Crippen molar-refractivity contribution in [2.45, 2.75) is 147 Å². The molecule has 7 N–H and O–H groups in total. The number of amides is 4. The zero-order chi connectivity index (χ0) is 47.3. The fourth-order valence-corrected chi connectivity index (χ4v) is 8.85. The number of aliphatic hydroxyl groups excluding tert-OH is 3. The molecule has 21 nitrogen and oxygen atoms in total. The van der Waals surface area contributed by atoms with Gasteiger partial charge in [0, 0.05) is 45.0 Å². The molecule has 3 aromatic rings. The predicted octanol–water partition coefficient (Wildman–Crippen LogP) is 1.47. The van der Waals surface area contributed by atoms with Crippen LogP contribution in [0.15, 0.2) is 42.7 Å². The van der Waals surface area contributed by atoms with E-state index in [2.05, 4.69) is 51.6 Å². The summed E-state index contributed by atoms with van der Waals surface area (Å²) in [5, 5.41) is 61.3. The Bertz CT molecular complexity index is 2030. The summed E-state index contributed by atoms with van der Waals surface area (Å²) in [5.41, 5.74) is 1.38. The molecule has 360 valence electrons. The minimum atomic E-state index is -1.39. The van der Waals surface area contributed by atoms with Gasteiger partial charge in [0.15, 0.2) is 12.4 Å². The van der Waals surface area contributed by atoms with E-state index in [9.17, 15) is 34.5 Å². The van der Waals surface area contributed by atoms with E-state index in [1.165, 1.54) is 13.1 Å². The van der Waals surface area contributed by atoms with Crippen molar-refractivity contribution in [2.24, 2.45) is 17.8 Å². The van der Waals surface area contributed by atoms with Gasteiger partial charge in [0.2, 0.25) is 29.4 Å². The van der Waals surface area contributed by atoms with Crippen LogP contribution in [0, 0.1) is 17.8 Å². The predicted molar refractivity (Wildman–Crippen MR) is 236 cm³/mol. The molecular weight excluding hydrogens is 857 g/mol. The molecule has 0 spiro atoms. The van der Waals surface area contributed by atoms with Gasteiger partial charge >= 0.3 is 0 Å². The molecule has 5 heterocycles. The Balaban J connectivity index is 1.01. The minimum absolute atomic E-state index is 0.0130. The first-order chi connectivity index (χ1) is 31.7. The molecule has 0 radical (unpaired) electrons. The number of rotatable bonds is 19. The van der Waals surface area contributed by atoms with Gasteiger partial charge in [-0.2, -0.15) is 0 Å². The van der Waals surface area contributed by atoms with Gasteiger partial charge in [-0.05, 0) is 69.2 Å². The van der Waals surface area contributed by atoms with E-state index in [-0.39, 0.29) is 79.7 Å². The van der Waals surface area contributed by atoms with E-state index in [1.54, 1.807) is 50.4 Å². The molecule has 2 aliphatic heterocycles. The normalized spacial score (nSPS) is 27.0. The third kappa shape index (κ3) is 13.3. The summed E-state index contributed by atoms with van der Waals surface area (Å²) < 4.78 is 25.4. The van der Waals surface area contributed by atoms with E-state index in [0.29, 0.717) is 17.1 Å². The third-order valence-corrected chi connectivity index (χ3v) is 12.0. The molecule has 21 heteroatoms. The third-order valence-electron chi connectivity index (χ3n) is 12.0. The number of aromatic nitrogens is 6. The molecule has 1 saturated carbocycles. The number of pyridine rings is 2. The second kappa shape index (κ2) is 24.0. The summed E-state index contributed by atoms with van der Waals surface area (Å²) in [6, 6.07) is 7.75. The Labute approximate surface area is 384 Å². The molecule has 0 aromatic carbocycles.